The van der Waals surface area contributed by atoms with Crippen LogP contribution in [-0.4, -0.2) is 34.5 Å². The number of urea groups is 1. The highest BCUT2D eigenvalue weighted by molar-refractivity contribution is 7.12. The smallest absolute Gasteiger partial charge is 0.315 e. The predicted octanol–water partition coefficient (Wildman–Crippen LogP) is 2.38. The van der Waals surface area contributed by atoms with Gasteiger partial charge < -0.3 is 15.4 Å². The Balaban J connectivity index is 1.39. The highest BCUT2D eigenvalue weighted by atomic mass is 32.1. The number of nitrogens with one attached hydrogen (secondary N) is 2. The summed E-state index contributed by atoms with van der Waals surface area (Å²) in [5, 5.41) is 12.6. The monoisotopic (exact) mass is 357 g/mol. The van der Waals surface area contributed by atoms with Crippen LogP contribution in [0.15, 0.2) is 48.1 Å². The SMILES string of the molecule is COc1ccc(CNC(=O)NCCc2csc(-n3cccn3)n2)cc1. The number of thiazole rings is 1. The van der Waals surface area contributed by atoms with Crippen molar-refractivity contribution in [2.45, 2.75) is 13.0 Å². The van der Waals surface area contributed by atoms with Crippen molar-refractivity contribution < 1.29 is 9.53 Å². The summed E-state index contributed by atoms with van der Waals surface area (Å²) in [7, 11) is 1.63. The summed E-state index contributed by atoms with van der Waals surface area (Å²) in [5.41, 5.74) is 1.95. The summed E-state index contributed by atoms with van der Waals surface area (Å²) in [6.45, 7) is 0.993. The first-order valence-corrected chi connectivity index (χ1v) is 8.71. The van der Waals surface area contributed by atoms with Crippen molar-refractivity contribution in [1.82, 2.24) is 25.4 Å². The van der Waals surface area contributed by atoms with Crippen LogP contribution in [-0.2, 0) is 13.0 Å². The van der Waals surface area contributed by atoms with E-state index in [1.807, 2.05) is 41.9 Å². The molecule has 8 heteroatoms. The number of hydrogen-bond acceptors (Lipinski definition) is 5. The van der Waals surface area contributed by atoms with Crippen LogP contribution in [0.4, 0.5) is 4.79 Å². The Labute approximate surface area is 149 Å². The van der Waals surface area contributed by atoms with Crippen molar-refractivity contribution in [3.05, 3.63) is 59.4 Å². The molecule has 7 nitrogen and oxygen atoms in total. The van der Waals surface area contributed by atoms with Gasteiger partial charge in [-0.25, -0.2) is 14.5 Å². The van der Waals surface area contributed by atoms with Crippen molar-refractivity contribution in [2.24, 2.45) is 0 Å². The van der Waals surface area contributed by atoms with Gasteiger partial charge in [-0.05, 0) is 23.8 Å². The fourth-order valence-electron chi connectivity index (χ4n) is 2.19. The lowest BCUT2D eigenvalue weighted by Gasteiger charge is -2.07. The van der Waals surface area contributed by atoms with Gasteiger partial charge in [0.15, 0.2) is 0 Å². The fourth-order valence-corrected chi connectivity index (χ4v) is 2.99. The normalized spacial score (nSPS) is 10.4. The van der Waals surface area contributed by atoms with Gasteiger partial charge in [-0.1, -0.05) is 12.1 Å². The summed E-state index contributed by atoms with van der Waals surface area (Å²) in [6, 6.07) is 9.24. The maximum Gasteiger partial charge on any atom is 0.315 e. The molecule has 2 amide bonds. The van der Waals surface area contributed by atoms with E-state index < -0.39 is 0 Å². The first kappa shape index (κ1) is 17.0. The maximum absolute atomic E-state index is 11.8. The molecule has 0 aliphatic heterocycles. The molecule has 0 bridgehead atoms. The molecule has 2 aromatic heterocycles. The maximum atomic E-state index is 11.8. The minimum absolute atomic E-state index is 0.196. The van der Waals surface area contributed by atoms with E-state index in [0.717, 1.165) is 22.1 Å². The summed E-state index contributed by atoms with van der Waals surface area (Å²) in [5.74, 6) is 0.797. The van der Waals surface area contributed by atoms with Crippen LogP contribution in [0.25, 0.3) is 5.13 Å². The predicted molar refractivity (Wildman–Crippen MR) is 96.2 cm³/mol. The molecule has 0 atom stereocenters. The van der Waals surface area contributed by atoms with Crippen molar-refractivity contribution in [1.29, 1.82) is 0 Å². The second-order valence-corrected chi connectivity index (χ2v) is 6.12. The van der Waals surface area contributed by atoms with Crippen LogP contribution >= 0.6 is 11.3 Å². The number of benzene rings is 1. The van der Waals surface area contributed by atoms with Crippen LogP contribution in [0, 0.1) is 0 Å². The number of ether oxygens (including phenoxy) is 1. The molecule has 0 spiro atoms. The van der Waals surface area contributed by atoms with Gasteiger partial charge in [-0.3, -0.25) is 0 Å². The molecule has 1 aromatic carbocycles. The average Bonchev–Trinajstić information content (AvgIpc) is 3.32. The first-order valence-electron chi connectivity index (χ1n) is 7.83. The van der Waals surface area contributed by atoms with Gasteiger partial charge >= 0.3 is 6.03 Å². The van der Waals surface area contributed by atoms with Crippen LogP contribution < -0.4 is 15.4 Å². The Bertz CT molecular complexity index is 799. The van der Waals surface area contributed by atoms with Crippen LogP contribution in [0.1, 0.15) is 11.3 Å². The van der Waals surface area contributed by atoms with E-state index in [1.165, 1.54) is 11.3 Å². The Morgan fingerprint density at radius 1 is 1.28 bits per heavy atom. The number of amides is 2. The molecule has 3 aromatic rings. The number of rotatable bonds is 7. The molecule has 3 rings (SSSR count). The van der Waals surface area contributed by atoms with Crippen molar-refractivity contribution in [2.75, 3.05) is 13.7 Å². The third kappa shape index (κ3) is 4.80. The number of nitrogens with zero attached hydrogens (tertiary/aromatic N) is 3. The second-order valence-electron chi connectivity index (χ2n) is 5.28. The Hall–Kier alpha value is -2.87. The van der Waals surface area contributed by atoms with E-state index in [9.17, 15) is 4.79 Å². The summed E-state index contributed by atoms with van der Waals surface area (Å²) in [4.78, 5) is 16.3. The minimum Gasteiger partial charge on any atom is -0.497 e. The van der Waals surface area contributed by atoms with Gasteiger partial charge in [0.2, 0.25) is 5.13 Å². The molecule has 0 aliphatic carbocycles. The van der Waals surface area contributed by atoms with Gasteiger partial charge in [0.05, 0.1) is 12.8 Å². The van der Waals surface area contributed by atoms with E-state index in [0.29, 0.717) is 19.5 Å². The lowest BCUT2D eigenvalue weighted by Crippen LogP contribution is -2.36. The number of methoxy groups -OCH3 is 1. The molecule has 2 heterocycles. The Kier molecular flexibility index (Phi) is 5.63. The number of carbonyl (C=O) groups is 1. The molecular weight excluding hydrogens is 338 g/mol. The van der Waals surface area contributed by atoms with Crippen molar-refractivity contribution in [3.63, 3.8) is 0 Å². The Morgan fingerprint density at radius 2 is 2.12 bits per heavy atom. The molecule has 130 valence electrons. The molecule has 0 saturated carbocycles. The van der Waals surface area contributed by atoms with Crippen LogP contribution in [0.5, 0.6) is 5.75 Å². The van der Waals surface area contributed by atoms with Crippen molar-refractivity contribution in [3.8, 4) is 10.9 Å². The number of aromatic nitrogens is 3. The van der Waals surface area contributed by atoms with E-state index in [2.05, 4.69) is 20.7 Å². The number of carbonyl (C=O) groups excluding carboxylic acids is 1. The zero-order chi connectivity index (χ0) is 17.5. The molecule has 0 fully saturated rings. The molecule has 0 saturated heterocycles. The summed E-state index contributed by atoms with van der Waals surface area (Å²) < 4.78 is 6.83. The van der Waals surface area contributed by atoms with Gasteiger partial charge in [-0.2, -0.15) is 5.10 Å². The minimum atomic E-state index is -0.196. The van der Waals surface area contributed by atoms with Crippen LogP contribution in [0.2, 0.25) is 0 Å². The molecular formula is C17H19N5O2S. The van der Waals surface area contributed by atoms with Crippen LogP contribution in [0.3, 0.4) is 0 Å². The lowest BCUT2D eigenvalue weighted by atomic mass is 10.2. The first-order chi connectivity index (χ1) is 12.2. The molecule has 25 heavy (non-hydrogen) atoms. The van der Waals surface area contributed by atoms with Gasteiger partial charge in [0, 0.05) is 37.3 Å². The molecule has 0 aliphatic rings. The standard InChI is InChI=1S/C17H19N5O2S/c1-24-15-5-3-13(4-6-15)11-19-16(23)18-9-7-14-12-25-17(21-14)22-10-2-8-20-22/h2-6,8,10,12H,7,9,11H2,1H3,(H2,18,19,23). The van der Waals surface area contributed by atoms with E-state index in [4.69, 9.17) is 4.74 Å². The Morgan fingerprint density at radius 3 is 2.84 bits per heavy atom. The van der Waals surface area contributed by atoms with Gasteiger partial charge in [0.1, 0.15) is 5.75 Å². The zero-order valence-corrected chi connectivity index (χ0v) is 14.6. The fraction of sp³-hybridized carbons (Fsp3) is 0.235. The van der Waals surface area contributed by atoms with E-state index in [1.54, 1.807) is 18.0 Å². The highest BCUT2D eigenvalue weighted by Crippen LogP contribution is 2.14. The van der Waals surface area contributed by atoms with Crippen molar-refractivity contribution >= 4 is 17.4 Å². The number of hydrogen-bond donors (Lipinski definition) is 2. The topological polar surface area (TPSA) is 81.1 Å². The quantitative estimate of drug-likeness (QED) is 0.680. The summed E-state index contributed by atoms with van der Waals surface area (Å²) in [6.07, 6.45) is 4.25. The molecule has 0 unspecified atom stereocenters. The van der Waals surface area contributed by atoms with E-state index in [-0.39, 0.29) is 6.03 Å². The lowest BCUT2D eigenvalue weighted by molar-refractivity contribution is 0.240. The average molecular weight is 357 g/mol. The summed E-state index contributed by atoms with van der Waals surface area (Å²) >= 11 is 1.53. The molecule has 2 N–H and O–H groups in total. The van der Waals surface area contributed by atoms with Gasteiger partial charge in [0.25, 0.3) is 0 Å². The second kappa shape index (κ2) is 8.29. The van der Waals surface area contributed by atoms with E-state index >= 15 is 0 Å². The third-order valence-corrected chi connectivity index (χ3v) is 4.40. The van der Waals surface area contributed by atoms with Gasteiger partial charge in [-0.15, -0.1) is 11.3 Å². The third-order valence-electron chi connectivity index (χ3n) is 3.52. The zero-order valence-electron chi connectivity index (χ0n) is 13.8. The largest absolute Gasteiger partial charge is 0.497 e. The highest BCUT2D eigenvalue weighted by Gasteiger charge is 2.05. The molecule has 0 radical (unpaired) electrons.